The Balaban J connectivity index is 1.60. The van der Waals surface area contributed by atoms with Crippen molar-refractivity contribution >= 4 is 0 Å². The van der Waals surface area contributed by atoms with Gasteiger partial charge >= 0.3 is 0 Å². The second kappa shape index (κ2) is 6.29. The highest BCUT2D eigenvalue weighted by Crippen LogP contribution is 2.75. The molecule has 0 heterocycles. The minimum absolute atomic E-state index is 0.390. The average Bonchev–Trinajstić information content (AvgIpc) is 2.65. The van der Waals surface area contributed by atoms with Crippen LogP contribution in [-0.4, -0.2) is 0 Å². The zero-order valence-electron chi connectivity index (χ0n) is 21.2. The van der Waals surface area contributed by atoms with Gasteiger partial charge in [-0.2, -0.15) is 0 Å². The molecule has 0 amide bonds. The number of allylic oxidation sites excluding steroid dienone is 3. The second-order valence-corrected chi connectivity index (χ2v) is 14.2. The summed E-state index contributed by atoms with van der Waals surface area (Å²) >= 11 is 0. The van der Waals surface area contributed by atoms with Gasteiger partial charge in [0.05, 0.1) is 0 Å². The summed E-state index contributed by atoms with van der Waals surface area (Å²) in [5.74, 6) is 3.18. The van der Waals surface area contributed by atoms with Gasteiger partial charge in [-0.05, 0) is 109 Å². The molecule has 1 unspecified atom stereocenters. The molecular weight excluding hydrogens is 360 g/mol. The normalized spacial score (nSPS) is 54.9. The van der Waals surface area contributed by atoms with Crippen LogP contribution in [0.1, 0.15) is 113 Å². The van der Waals surface area contributed by atoms with E-state index < -0.39 is 0 Å². The van der Waals surface area contributed by atoms with Crippen molar-refractivity contribution in [1.82, 2.24) is 0 Å². The maximum Gasteiger partial charge on any atom is -0.00563 e. The minimum atomic E-state index is 0.390. The van der Waals surface area contributed by atoms with E-state index >= 15 is 0 Å². The first-order valence-corrected chi connectivity index (χ1v) is 13.3. The molecule has 4 fully saturated rings. The lowest BCUT2D eigenvalue weighted by Gasteiger charge is -2.71. The highest BCUT2D eigenvalue weighted by Gasteiger charge is 2.67. The van der Waals surface area contributed by atoms with E-state index in [0.717, 1.165) is 17.8 Å². The van der Waals surface area contributed by atoms with Crippen LogP contribution in [-0.2, 0) is 0 Å². The standard InChI is InChI=1S/C30H48/c1-20-12-16-27(5)18-19-29(7)22(25(27)21(20)2)10-11-24-28(6)15-9-14-26(3,4)23(28)13-17-30(24,29)8/h10,21,23-25H,1,9,11-19H2,2-8H3/t21-,23?,24+,25-,27+,28-,29+,30+/m0/s1. The predicted octanol–water partition coefficient (Wildman–Crippen LogP) is 8.97. The monoisotopic (exact) mass is 408 g/mol. The molecule has 30 heavy (non-hydrogen) atoms. The molecule has 8 atom stereocenters. The molecule has 0 aromatic carbocycles. The largest absolute Gasteiger partial charge is 0.0996 e. The van der Waals surface area contributed by atoms with Crippen molar-refractivity contribution in [3.63, 3.8) is 0 Å². The van der Waals surface area contributed by atoms with Crippen molar-refractivity contribution in [3.8, 4) is 0 Å². The lowest BCUT2D eigenvalue weighted by molar-refractivity contribution is -0.178. The van der Waals surface area contributed by atoms with Gasteiger partial charge in [-0.15, -0.1) is 0 Å². The molecule has 0 saturated heterocycles. The van der Waals surface area contributed by atoms with Crippen LogP contribution in [0, 0.1) is 50.7 Å². The van der Waals surface area contributed by atoms with Gasteiger partial charge in [0.1, 0.15) is 0 Å². The Labute approximate surface area is 187 Å². The lowest BCUT2D eigenvalue weighted by Crippen LogP contribution is -2.63. The zero-order valence-corrected chi connectivity index (χ0v) is 21.2. The van der Waals surface area contributed by atoms with Crippen LogP contribution in [0.15, 0.2) is 23.8 Å². The summed E-state index contributed by atoms with van der Waals surface area (Å²) in [6.45, 7) is 23.0. The Kier molecular flexibility index (Phi) is 4.47. The number of rotatable bonds is 0. The van der Waals surface area contributed by atoms with E-state index in [-0.39, 0.29) is 0 Å². The predicted molar refractivity (Wildman–Crippen MR) is 129 cm³/mol. The molecule has 0 aromatic heterocycles. The van der Waals surface area contributed by atoms with Crippen molar-refractivity contribution in [1.29, 1.82) is 0 Å². The number of fused-ring (bicyclic) bond motifs is 7. The number of hydrogen-bond donors (Lipinski definition) is 0. The fourth-order valence-corrected chi connectivity index (χ4v) is 10.7. The summed E-state index contributed by atoms with van der Waals surface area (Å²) in [6.07, 6.45) is 16.9. The minimum Gasteiger partial charge on any atom is -0.0996 e. The van der Waals surface area contributed by atoms with Crippen molar-refractivity contribution < 1.29 is 0 Å². The SMILES string of the molecule is C=C1CC[C@]2(C)CC[C@]3(C)C(=CC[C@@H]4[C@@]5(C)CCCC(C)(C)C5CC[C@]43C)[C@@H]2[C@H]1C. The molecule has 5 aliphatic carbocycles. The highest BCUT2D eigenvalue weighted by atomic mass is 14.7. The van der Waals surface area contributed by atoms with Crippen LogP contribution in [0.25, 0.3) is 0 Å². The summed E-state index contributed by atoms with van der Waals surface area (Å²) in [6, 6.07) is 0. The van der Waals surface area contributed by atoms with E-state index in [9.17, 15) is 0 Å². The van der Waals surface area contributed by atoms with Gasteiger partial charge in [0.15, 0.2) is 0 Å². The van der Waals surface area contributed by atoms with Gasteiger partial charge in [-0.1, -0.05) is 78.7 Å². The van der Waals surface area contributed by atoms with Gasteiger partial charge in [0.25, 0.3) is 0 Å². The van der Waals surface area contributed by atoms with E-state index in [0.29, 0.717) is 33.0 Å². The fourth-order valence-electron chi connectivity index (χ4n) is 10.7. The van der Waals surface area contributed by atoms with Gasteiger partial charge in [-0.25, -0.2) is 0 Å². The molecule has 0 aromatic rings. The van der Waals surface area contributed by atoms with Crippen LogP contribution < -0.4 is 0 Å². The van der Waals surface area contributed by atoms with E-state index in [1.165, 1.54) is 69.8 Å². The first-order chi connectivity index (χ1) is 13.9. The van der Waals surface area contributed by atoms with Gasteiger partial charge < -0.3 is 0 Å². The highest BCUT2D eigenvalue weighted by molar-refractivity contribution is 5.35. The maximum atomic E-state index is 4.53. The third-order valence-corrected chi connectivity index (χ3v) is 12.7. The third kappa shape index (κ3) is 2.46. The van der Waals surface area contributed by atoms with Crippen molar-refractivity contribution in [2.45, 2.75) is 113 Å². The zero-order chi connectivity index (χ0) is 21.7. The van der Waals surface area contributed by atoms with Gasteiger partial charge in [0.2, 0.25) is 0 Å². The Morgan fingerprint density at radius 1 is 0.867 bits per heavy atom. The summed E-state index contributed by atoms with van der Waals surface area (Å²) < 4.78 is 0. The second-order valence-electron chi connectivity index (χ2n) is 14.2. The smallest absolute Gasteiger partial charge is 0.00563 e. The van der Waals surface area contributed by atoms with Crippen LogP contribution >= 0.6 is 0 Å². The third-order valence-electron chi connectivity index (χ3n) is 12.7. The Morgan fingerprint density at radius 2 is 1.60 bits per heavy atom. The molecule has 4 saturated carbocycles. The summed E-state index contributed by atoms with van der Waals surface area (Å²) in [5.41, 5.74) is 5.82. The molecule has 0 radical (unpaired) electrons. The molecule has 0 bridgehead atoms. The van der Waals surface area contributed by atoms with E-state index in [1.54, 1.807) is 0 Å². The molecule has 0 spiro atoms. The summed E-state index contributed by atoms with van der Waals surface area (Å²) in [5, 5.41) is 0. The van der Waals surface area contributed by atoms with Crippen LogP contribution in [0.5, 0.6) is 0 Å². The average molecular weight is 409 g/mol. The van der Waals surface area contributed by atoms with Gasteiger partial charge in [0, 0.05) is 0 Å². The van der Waals surface area contributed by atoms with E-state index in [2.05, 4.69) is 61.1 Å². The van der Waals surface area contributed by atoms with Crippen molar-refractivity contribution in [2.24, 2.45) is 50.7 Å². The fraction of sp³-hybridized carbons (Fsp3) is 0.867. The lowest BCUT2D eigenvalue weighted by atomic mass is 9.34. The summed E-state index contributed by atoms with van der Waals surface area (Å²) in [7, 11) is 0. The molecule has 168 valence electrons. The van der Waals surface area contributed by atoms with Crippen LogP contribution in [0.2, 0.25) is 0 Å². The molecule has 0 aliphatic heterocycles. The molecule has 5 rings (SSSR count). The first-order valence-electron chi connectivity index (χ1n) is 13.3. The molecule has 0 N–H and O–H groups in total. The van der Waals surface area contributed by atoms with Crippen LogP contribution in [0.3, 0.4) is 0 Å². The topological polar surface area (TPSA) is 0 Å². The Hall–Kier alpha value is -0.520. The van der Waals surface area contributed by atoms with Crippen molar-refractivity contribution in [3.05, 3.63) is 23.8 Å². The number of hydrogen-bond acceptors (Lipinski definition) is 0. The van der Waals surface area contributed by atoms with E-state index in [1.807, 2.05) is 5.57 Å². The van der Waals surface area contributed by atoms with E-state index in [4.69, 9.17) is 0 Å². The molecule has 0 nitrogen and oxygen atoms in total. The van der Waals surface area contributed by atoms with Gasteiger partial charge in [-0.3, -0.25) is 0 Å². The quantitative estimate of drug-likeness (QED) is 0.351. The van der Waals surface area contributed by atoms with Crippen molar-refractivity contribution in [2.75, 3.05) is 0 Å². The Morgan fingerprint density at radius 3 is 2.33 bits per heavy atom. The first kappa shape index (κ1) is 21.3. The summed E-state index contributed by atoms with van der Waals surface area (Å²) in [4.78, 5) is 0. The molecular formula is C30H48. The Bertz CT molecular complexity index is 784. The maximum absolute atomic E-state index is 4.53. The molecule has 5 aliphatic rings. The molecule has 0 heteroatoms. The van der Waals surface area contributed by atoms with Crippen LogP contribution in [0.4, 0.5) is 0 Å².